The first-order valence-electron chi connectivity index (χ1n) is 9.61. The predicted molar refractivity (Wildman–Crippen MR) is 113 cm³/mol. The summed E-state index contributed by atoms with van der Waals surface area (Å²) < 4.78 is 0. The predicted octanol–water partition coefficient (Wildman–Crippen LogP) is 6.75. The van der Waals surface area contributed by atoms with Crippen LogP contribution in [0.15, 0.2) is 54.6 Å². The van der Waals surface area contributed by atoms with Crippen molar-refractivity contribution in [3.05, 3.63) is 76.9 Å². The molecule has 1 aliphatic rings. The van der Waals surface area contributed by atoms with Gasteiger partial charge in [-0.3, -0.25) is 0 Å². The topological polar surface area (TPSA) is 26.0 Å². The van der Waals surface area contributed by atoms with Crippen molar-refractivity contribution in [1.82, 2.24) is 0 Å². The monoisotopic (exact) mass is 341 g/mol. The molecular formula is C25H27N. The van der Waals surface area contributed by atoms with Crippen molar-refractivity contribution in [2.24, 2.45) is 0 Å². The summed E-state index contributed by atoms with van der Waals surface area (Å²) >= 11 is 0. The smallest absolute Gasteiger partial charge is 0.0384 e. The maximum Gasteiger partial charge on any atom is 0.0384 e. The van der Waals surface area contributed by atoms with E-state index in [1.165, 1.54) is 44.5 Å². The largest absolute Gasteiger partial charge is 0.398 e. The fourth-order valence-electron chi connectivity index (χ4n) is 4.24. The molecular weight excluding hydrogens is 314 g/mol. The molecule has 0 bridgehead atoms. The molecule has 0 radical (unpaired) electrons. The lowest BCUT2D eigenvalue weighted by molar-refractivity contribution is 0.840. The molecule has 1 aliphatic carbocycles. The zero-order valence-electron chi connectivity index (χ0n) is 16.1. The van der Waals surface area contributed by atoms with Gasteiger partial charge in [0.2, 0.25) is 0 Å². The Morgan fingerprint density at radius 2 is 1.31 bits per heavy atom. The Bertz CT molecular complexity index is 950. The number of hydrogen-bond acceptors (Lipinski definition) is 1. The first-order chi connectivity index (χ1) is 12.5. The molecule has 0 fully saturated rings. The van der Waals surface area contributed by atoms with E-state index in [-0.39, 0.29) is 0 Å². The lowest BCUT2D eigenvalue weighted by Crippen LogP contribution is -2.04. The number of benzene rings is 3. The van der Waals surface area contributed by atoms with Gasteiger partial charge in [-0.2, -0.15) is 0 Å². The third-order valence-electron chi connectivity index (χ3n) is 5.65. The number of anilines is 1. The molecule has 0 unspecified atom stereocenters. The standard InChI is InChI=1S/C25H27N/c1-15(2)22-13-18(14-23(16(3)4)25(22)26)20-10-7-11-21-19-9-6-5-8-17(19)12-24(20)21/h5-11,13-16H,12,26H2,1-4H3. The van der Waals surface area contributed by atoms with E-state index in [9.17, 15) is 0 Å². The lowest BCUT2D eigenvalue weighted by atomic mass is 9.87. The quantitative estimate of drug-likeness (QED) is 0.410. The average molecular weight is 341 g/mol. The van der Waals surface area contributed by atoms with E-state index >= 15 is 0 Å². The normalized spacial score (nSPS) is 12.5. The van der Waals surface area contributed by atoms with E-state index in [2.05, 4.69) is 82.3 Å². The van der Waals surface area contributed by atoms with Gasteiger partial charge >= 0.3 is 0 Å². The van der Waals surface area contributed by atoms with Crippen molar-refractivity contribution in [3.63, 3.8) is 0 Å². The van der Waals surface area contributed by atoms with Crippen molar-refractivity contribution in [3.8, 4) is 22.3 Å². The van der Waals surface area contributed by atoms with Crippen LogP contribution in [0.1, 0.15) is 61.8 Å². The summed E-state index contributed by atoms with van der Waals surface area (Å²) in [4.78, 5) is 0. The van der Waals surface area contributed by atoms with E-state index in [1.54, 1.807) is 0 Å². The highest BCUT2D eigenvalue weighted by Gasteiger charge is 2.22. The Labute approximate surface area is 156 Å². The summed E-state index contributed by atoms with van der Waals surface area (Å²) in [7, 11) is 0. The summed E-state index contributed by atoms with van der Waals surface area (Å²) in [5, 5.41) is 0. The van der Waals surface area contributed by atoms with Crippen LogP contribution in [-0.2, 0) is 6.42 Å². The maximum absolute atomic E-state index is 6.51. The first-order valence-corrected chi connectivity index (χ1v) is 9.61. The average Bonchev–Trinajstić information content (AvgIpc) is 3.00. The number of nitrogen functional groups attached to an aromatic ring is 1. The molecule has 0 amide bonds. The minimum atomic E-state index is 0.418. The van der Waals surface area contributed by atoms with Gasteiger partial charge in [0.05, 0.1) is 0 Å². The van der Waals surface area contributed by atoms with Crippen LogP contribution in [0.5, 0.6) is 0 Å². The molecule has 0 heterocycles. The van der Waals surface area contributed by atoms with Crippen LogP contribution in [0.4, 0.5) is 5.69 Å². The highest BCUT2D eigenvalue weighted by molar-refractivity contribution is 5.85. The van der Waals surface area contributed by atoms with Crippen molar-refractivity contribution in [2.45, 2.75) is 46.0 Å². The summed E-state index contributed by atoms with van der Waals surface area (Å²) in [5.41, 5.74) is 18.3. The van der Waals surface area contributed by atoms with Gasteiger partial charge in [-0.1, -0.05) is 70.2 Å². The molecule has 0 atom stereocenters. The van der Waals surface area contributed by atoms with E-state index in [1.807, 2.05) is 0 Å². The fraction of sp³-hybridized carbons (Fsp3) is 0.280. The van der Waals surface area contributed by atoms with E-state index in [0.29, 0.717) is 11.8 Å². The van der Waals surface area contributed by atoms with Crippen molar-refractivity contribution < 1.29 is 0 Å². The lowest BCUT2D eigenvalue weighted by Gasteiger charge is -2.20. The van der Waals surface area contributed by atoms with E-state index in [0.717, 1.165) is 12.1 Å². The molecule has 1 heteroatoms. The minimum absolute atomic E-state index is 0.418. The van der Waals surface area contributed by atoms with Crippen molar-refractivity contribution >= 4 is 5.69 Å². The number of rotatable bonds is 3. The van der Waals surface area contributed by atoms with Gasteiger partial charge in [-0.05, 0) is 74.9 Å². The van der Waals surface area contributed by atoms with Crippen LogP contribution in [-0.4, -0.2) is 0 Å². The molecule has 3 aromatic carbocycles. The maximum atomic E-state index is 6.51. The molecule has 4 rings (SSSR count). The van der Waals surface area contributed by atoms with Crippen LogP contribution in [0, 0.1) is 0 Å². The molecule has 0 saturated carbocycles. The second kappa shape index (κ2) is 6.32. The van der Waals surface area contributed by atoms with Gasteiger partial charge in [-0.25, -0.2) is 0 Å². The summed E-state index contributed by atoms with van der Waals surface area (Å²) in [6.45, 7) is 8.91. The van der Waals surface area contributed by atoms with Crippen LogP contribution < -0.4 is 5.73 Å². The highest BCUT2D eigenvalue weighted by Crippen LogP contribution is 2.43. The molecule has 0 spiro atoms. The Balaban J connectivity index is 1.93. The molecule has 26 heavy (non-hydrogen) atoms. The van der Waals surface area contributed by atoms with Gasteiger partial charge < -0.3 is 5.73 Å². The van der Waals surface area contributed by atoms with E-state index in [4.69, 9.17) is 5.73 Å². The summed E-state index contributed by atoms with van der Waals surface area (Å²) in [6.07, 6.45) is 1.01. The molecule has 0 aromatic heterocycles. The fourth-order valence-corrected chi connectivity index (χ4v) is 4.24. The first kappa shape index (κ1) is 16.9. The highest BCUT2D eigenvalue weighted by atomic mass is 14.6. The van der Waals surface area contributed by atoms with Gasteiger partial charge in [-0.15, -0.1) is 0 Å². The third kappa shape index (κ3) is 2.63. The summed E-state index contributed by atoms with van der Waals surface area (Å²) in [5.74, 6) is 0.836. The van der Waals surface area contributed by atoms with Crippen LogP contribution in [0.2, 0.25) is 0 Å². The Morgan fingerprint density at radius 1 is 0.731 bits per heavy atom. The van der Waals surface area contributed by atoms with E-state index < -0.39 is 0 Å². The Kier molecular flexibility index (Phi) is 4.11. The third-order valence-corrected chi connectivity index (χ3v) is 5.65. The second-order valence-electron chi connectivity index (χ2n) is 8.04. The van der Waals surface area contributed by atoms with Gasteiger partial charge in [0.1, 0.15) is 0 Å². The minimum Gasteiger partial charge on any atom is -0.398 e. The summed E-state index contributed by atoms with van der Waals surface area (Å²) in [6, 6.07) is 20.1. The van der Waals surface area contributed by atoms with Crippen molar-refractivity contribution in [2.75, 3.05) is 5.73 Å². The van der Waals surface area contributed by atoms with Gasteiger partial charge in [0, 0.05) is 5.69 Å². The molecule has 1 nitrogen and oxygen atoms in total. The second-order valence-corrected chi connectivity index (χ2v) is 8.04. The van der Waals surface area contributed by atoms with Crippen LogP contribution >= 0.6 is 0 Å². The molecule has 2 N–H and O–H groups in total. The van der Waals surface area contributed by atoms with Crippen LogP contribution in [0.3, 0.4) is 0 Å². The molecule has 0 aliphatic heterocycles. The SMILES string of the molecule is CC(C)c1cc(-c2cccc3c2Cc2ccccc2-3)cc(C(C)C)c1N. The number of hydrogen-bond donors (Lipinski definition) is 1. The molecule has 3 aromatic rings. The van der Waals surface area contributed by atoms with Crippen molar-refractivity contribution in [1.29, 1.82) is 0 Å². The van der Waals surface area contributed by atoms with Gasteiger partial charge in [0.25, 0.3) is 0 Å². The molecule has 132 valence electrons. The van der Waals surface area contributed by atoms with Gasteiger partial charge in [0.15, 0.2) is 0 Å². The van der Waals surface area contributed by atoms with Crippen LogP contribution in [0.25, 0.3) is 22.3 Å². The number of nitrogens with two attached hydrogens (primary N) is 1. The molecule has 0 saturated heterocycles. The Morgan fingerprint density at radius 3 is 1.96 bits per heavy atom. The zero-order chi connectivity index (χ0) is 18.4. The zero-order valence-corrected chi connectivity index (χ0v) is 16.1. The Hall–Kier alpha value is -2.54. The number of fused-ring (bicyclic) bond motifs is 3.